The third-order valence-corrected chi connectivity index (χ3v) is 6.55. The maximum atomic E-state index is 13.9. The fraction of sp³-hybridized carbons (Fsp3) is 0.647. The maximum Gasteiger partial charge on any atom is 0.212 e. The summed E-state index contributed by atoms with van der Waals surface area (Å²) in [5, 5.41) is 0. The summed E-state index contributed by atoms with van der Waals surface area (Å²) in [6, 6.07) is 1.63. The molecule has 0 spiro atoms. The molecule has 1 N–H and O–H groups in total. The van der Waals surface area contributed by atoms with Crippen LogP contribution in [0, 0.1) is 17.6 Å². The zero-order chi connectivity index (χ0) is 16.4. The van der Waals surface area contributed by atoms with E-state index in [1.165, 1.54) is 12.5 Å². The average molecular weight is 343 g/mol. The van der Waals surface area contributed by atoms with E-state index in [0.717, 1.165) is 31.7 Å². The van der Waals surface area contributed by atoms with Gasteiger partial charge in [-0.1, -0.05) is 19.3 Å². The second-order valence-electron chi connectivity index (χ2n) is 6.80. The summed E-state index contributed by atoms with van der Waals surface area (Å²) in [7, 11) is -3.44. The largest absolute Gasteiger partial charge is 0.212 e. The molecule has 0 unspecified atom stereocenters. The lowest BCUT2D eigenvalue weighted by Crippen LogP contribution is -2.35. The summed E-state index contributed by atoms with van der Waals surface area (Å²) >= 11 is 0. The monoisotopic (exact) mass is 343 g/mol. The van der Waals surface area contributed by atoms with Crippen molar-refractivity contribution in [3.63, 3.8) is 0 Å². The molecule has 1 atom stereocenters. The number of fused-ring (bicyclic) bond motifs is 1. The van der Waals surface area contributed by atoms with Crippen molar-refractivity contribution in [2.75, 3.05) is 5.75 Å². The third-order valence-electron chi connectivity index (χ3n) is 4.99. The van der Waals surface area contributed by atoms with E-state index in [9.17, 15) is 17.2 Å². The lowest BCUT2D eigenvalue weighted by Gasteiger charge is -2.28. The van der Waals surface area contributed by atoms with E-state index >= 15 is 0 Å². The second-order valence-corrected chi connectivity index (χ2v) is 8.60. The van der Waals surface area contributed by atoms with Gasteiger partial charge in [0.1, 0.15) is 11.6 Å². The van der Waals surface area contributed by atoms with Crippen LogP contribution in [-0.2, 0) is 16.4 Å². The maximum absolute atomic E-state index is 13.9. The number of benzene rings is 1. The van der Waals surface area contributed by atoms with E-state index in [1.54, 1.807) is 0 Å². The Morgan fingerprint density at radius 3 is 2.52 bits per heavy atom. The number of halogens is 2. The normalized spacial score (nSPS) is 22.8. The van der Waals surface area contributed by atoms with Crippen molar-refractivity contribution in [2.45, 2.75) is 57.4 Å². The molecule has 0 heterocycles. The van der Waals surface area contributed by atoms with E-state index in [1.807, 2.05) is 0 Å². The van der Waals surface area contributed by atoms with Gasteiger partial charge >= 0.3 is 0 Å². The van der Waals surface area contributed by atoms with Crippen LogP contribution in [-0.4, -0.2) is 14.2 Å². The first kappa shape index (κ1) is 16.8. The molecule has 2 aliphatic rings. The molecule has 1 aromatic rings. The van der Waals surface area contributed by atoms with E-state index in [-0.39, 0.29) is 11.7 Å². The van der Waals surface area contributed by atoms with Gasteiger partial charge in [0.05, 0.1) is 5.75 Å². The molecule has 0 aliphatic heterocycles. The van der Waals surface area contributed by atoms with Crippen LogP contribution in [0.5, 0.6) is 0 Å². The van der Waals surface area contributed by atoms with Gasteiger partial charge < -0.3 is 0 Å². The SMILES string of the molecule is O=S(=O)(CC1CCCCC1)N[C@@H]1CCCc2c(F)cc(F)cc21. The van der Waals surface area contributed by atoms with Crippen molar-refractivity contribution in [1.29, 1.82) is 0 Å². The molecule has 2 aliphatic carbocycles. The summed E-state index contributed by atoms with van der Waals surface area (Å²) in [6.45, 7) is 0. The quantitative estimate of drug-likeness (QED) is 0.903. The molecule has 6 heteroatoms. The number of nitrogens with one attached hydrogen (secondary N) is 1. The van der Waals surface area contributed by atoms with Gasteiger partial charge in [-0.05, 0) is 55.2 Å². The molecule has 1 fully saturated rings. The molecule has 0 amide bonds. The van der Waals surface area contributed by atoms with Crippen molar-refractivity contribution in [2.24, 2.45) is 5.92 Å². The van der Waals surface area contributed by atoms with E-state index in [2.05, 4.69) is 4.72 Å². The summed E-state index contributed by atoms with van der Waals surface area (Å²) in [4.78, 5) is 0. The van der Waals surface area contributed by atoms with E-state index < -0.39 is 27.7 Å². The van der Waals surface area contributed by atoms with Crippen LogP contribution in [0.1, 0.15) is 62.1 Å². The van der Waals surface area contributed by atoms with Crippen LogP contribution in [0.4, 0.5) is 8.78 Å². The number of rotatable bonds is 4. The molecule has 0 bridgehead atoms. The van der Waals surface area contributed by atoms with Gasteiger partial charge in [-0.2, -0.15) is 0 Å². The highest BCUT2D eigenvalue weighted by molar-refractivity contribution is 7.89. The highest BCUT2D eigenvalue weighted by Crippen LogP contribution is 2.33. The molecule has 0 aromatic heterocycles. The molecule has 128 valence electrons. The predicted octanol–water partition coefficient (Wildman–Crippen LogP) is 3.84. The molecule has 23 heavy (non-hydrogen) atoms. The molecule has 1 saturated carbocycles. The fourth-order valence-corrected chi connectivity index (χ4v) is 5.62. The standard InChI is InChI=1S/C17H23F2NO2S/c18-13-9-15-14(16(19)10-13)7-4-8-17(15)20-23(21,22)11-12-5-2-1-3-6-12/h9-10,12,17,20H,1-8,11H2/t17-/m1/s1. The smallest absolute Gasteiger partial charge is 0.212 e. The van der Waals surface area contributed by atoms with Crippen LogP contribution >= 0.6 is 0 Å². The minimum Gasteiger partial charge on any atom is -0.212 e. The Kier molecular flexibility index (Phi) is 5.01. The van der Waals surface area contributed by atoms with Gasteiger partial charge in [-0.15, -0.1) is 0 Å². The highest BCUT2D eigenvalue weighted by Gasteiger charge is 2.29. The summed E-state index contributed by atoms with van der Waals surface area (Å²) in [6.07, 6.45) is 7.06. The van der Waals surface area contributed by atoms with Crippen LogP contribution in [0.15, 0.2) is 12.1 Å². The van der Waals surface area contributed by atoms with Crippen molar-refractivity contribution < 1.29 is 17.2 Å². The first-order chi connectivity index (χ1) is 10.9. The molecular formula is C17H23F2NO2S. The zero-order valence-electron chi connectivity index (χ0n) is 13.2. The number of hydrogen-bond donors (Lipinski definition) is 1. The van der Waals surface area contributed by atoms with Gasteiger partial charge in [0.2, 0.25) is 10.0 Å². The van der Waals surface area contributed by atoms with E-state index in [0.29, 0.717) is 30.4 Å². The highest BCUT2D eigenvalue weighted by atomic mass is 32.2. The fourth-order valence-electron chi connectivity index (χ4n) is 3.89. The van der Waals surface area contributed by atoms with Crippen molar-refractivity contribution in [1.82, 2.24) is 4.72 Å². The van der Waals surface area contributed by atoms with Gasteiger partial charge in [0.15, 0.2) is 0 Å². The Labute approximate surface area is 136 Å². The van der Waals surface area contributed by atoms with Gasteiger partial charge in [-0.3, -0.25) is 0 Å². The molecule has 3 rings (SSSR count). The van der Waals surface area contributed by atoms with Gasteiger partial charge in [-0.25, -0.2) is 21.9 Å². The molecular weight excluding hydrogens is 320 g/mol. The van der Waals surface area contributed by atoms with Crippen molar-refractivity contribution in [3.8, 4) is 0 Å². The Bertz CT molecular complexity index is 669. The Hall–Kier alpha value is -1.01. The third kappa shape index (κ3) is 4.10. The molecule has 1 aromatic carbocycles. The minimum absolute atomic E-state index is 0.122. The summed E-state index contributed by atoms with van der Waals surface area (Å²) in [5.74, 6) is -0.902. The topological polar surface area (TPSA) is 46.2 Å². The van der Waals surface area contributed by atoms with Crippen LogP contribution < -0.4 is 4.72 Å². The minimum atomic E-state index is -3.44. The lowest BCUT2D eigenvalue weighted by atomic mass is 9.88. The predicted molar refractivity (Wildman–Crippen MR) is 85.5 cm³/mol. The summed E-state index contributed by atoms with van der Waals surface area (Å²) < 4.78 is 55.0. The average Bonchev–Trinajstić information content (AvgIpc) is 2.48. The Balaban J connectivity index is 1.76. The second kappa shape index (κ2) is 6.85. The number of hydrogen-bond acceptors (Lipinski definition) is 2. The zero-order valence-corrected chi connectivity index (χ0v) is 14.0. The number of sulfonamides is 1. The lowest BCUT2D eigenvalue weighted by molar-refractivity contribution is 0.382. The molecule has 3 nitrogen and oxygen atoms in total. The van der Waals surface area contributed by atoms with Crippen LogP contribution in [0.2, 0.25) is 0 Å². The molecule has 0 radical (unpaired) electrons. The van der Waals surface area contributed by atoms with Gasteiger partial charge in [0.25, 0.3) is 0 Å². The van der Waals surface area contributed by atoms with Crippen LogP contribution in [0.25, 0.3) is 0 Å². The van der Waals surface area contributed by atoms with Gasteiger partial charge in [0, 0.05) is 12.1 Å². The van der Waals surface area contributed by atoms with Crippen molar-refractivity contribution >= 4 is 10.0 Å². The van der Waals surface area contributed by atoms with Crippen molar-refractivity contribution in [3.05, 3.63) is 34.9 Å². The first-order valence-corrected chi connectivity index (χ1v) is 10.1. The van der Waals surface area contributed by atoms with E-state index in [4.69, 9.17) is 0 Å². The Morgan fingerprint density at radius 2 is 1.78 bits per heavy atom. The first-order valence-electron chi connectivity index (χ1n) is 8.42. The Morgan fingerprint density at radius 1 is 1.04 bits per heavy atom. The van der Waals surface area contributed by atoms with Crippen LogP contribution in [0.3, 0.4) is 0 Å². The summed E-state index contributed by atoms with van der Waals surface area (Å²) in [5.41, 5.74) is 0.906. The molecule has 0 saturated heterocycles.